The van der Waals surface area contributed by atoms with Crippen LogP contribution in [0.25, 0.3) is 173 Å². The average molecular weight is 1320 g/mol. The maximum absolute atomic E-state index is 5.95. The van der Waals surface area contributed by atoms with Gasteiger partial charge in [0.15, 0.2) is 23.3 Å². The van der Waals surface area contributed by atoms with E-state index in [-0.39, 0.29) is 5.28 Å². The SMILES string of the molecule is Clc1nc(-c2ccccc2)c2ccccc2n1.c1ccc(-c2nc(-c3ccccc3)nc(-n3ccc4c3ccc3c5ccccc5n(-c5nc(-c6ccccc6)c6ccccc6n5)c34)n2)cc1.c1ccc(-c2nc(-c3ccccc3)nc(-n3ccc4c5[nH]c6ccccc6c5ccc43)n2)cc1. The van der Waals surface area contributed by atoms with Gasteiger partial charge < -0.3 is 4.98 Å². The molecule has 0 saturated heterocycles. The number of aromatic nitrogens is 14. The quantitative estimate of drug-likeness (QED) is 0.138. The molecule has 0 fully saturated rings. The number of para-hydroxylation sites is 4. The summed E-state index contributed by atoms with van der Waals surface area (Å²) in [5.74, 6) is 4.29. The van der Waals surface area contributed by atoms with Gasteiger partial charge in [-0.3, -0.25) is 13.7 Å². The Balaban J connectivity index is 0.000000123. The highest BCUT2D eigenvalue weighted by Gasteiger charge is 2.23. The lowest BCUT2D eigenvalue weighted by atomic mass is 10.1. The van der Waals surface area contributed by atoms with E-state index < -0.39 is 0 Å². The van der Waals surface area contributed by atoms with E-state index in [4.69, 9.17) is 51.5 Å². The van der Waals surface area contributed by atoms with Gasteiger partial charge in [0.1, 0.15) is 0 Å². The van der Waals surface area contributed by atoms with Gasteiger partial charge >= 0.3 is 0 Å². The normalized spacial score (nSPS) is 11.4. The molecule has 476 valence electrons. The summed E-state index contributed by atoms with van der Waals surface area (Å²) in [6, 6.07) is 106. The number of benzene rings is 12. The van der Waals surface area contributed by atoms with E-state index in [1.807, 2.05) is 228 Å². The molecule has 0 unspecified atom stereocenters. The molecule has 20 rings (SSSR count). The highest BCUT2D eigenvalue weighted by molar-refractivity contribution is 6.29. The second-order valence-electron chi connectivity index (χ2n) is 24.2. The highest BCUT2D eigenvalue weighted by atomic mass is 35.5. The molecule has 0 aliphatic rings. The first kappa shape index (κ1) is 59.8. The standard InChI is InChI=1S/C43H27N7.C29H19N5.C14H9ClN2/c1-4-14-28(15-5-1)38-33-21-10-12-22-35(33)44-43(45-38)50-37-23-13-11-20-31(37)32-24-25-36-34(39(32)50)26-27-49(36)42-47-40(29-16-6-2-7-17-29)46-41(48-42)30-18-8-3-9-19-30;1-3-9-19(10-4-1)27-31-28(20-11-5-2-6-12-20)33-29(32-27)34-18-17-23-25(34)16-15-22-21-13-7-8-14-24(21)30-26(22)23;15-14-16-12-9-5-4-8-11(12)13(17-14)10-6-2-1-3-7-10/h1-27H;1-18,30H;1-9H. The number of nitrogens with zero attached hydrogens (tertiary/aromatic N) is 13. The molecule has 0 radical (unpaired) electrons. The molecule has 12 aromatic carbocycles. The molecule has 0 bridgehead atoms. The molecule has 15 heteroatoms. The Kier molecular flexibility index (Phi) is 15.2. The number of nitrogens with one attached hydrogen (secondary N) is 1. The van der Waals surface area contributed by atoms with Crippen molar-refractivity contribution in [2.75, 3.05) is 0 Å². The van der Waals surface area contributed by atoms with Gasteiger partial charge in [-0.15, -0.1) is 0 Å². The molecule has 8 heterocycles. The summed E-state index contributed by atoms with van der Waals surface area (Å²) in [6.07, 6.45) is 4.08. The Morgan fingerprint density at radius 2 is 0.644 bits per heavy atom. The Labute approximate surface area is 582 Å². The predicted molar refractivity (Wildman–Crippen MR) is 407 cm³/mol. The molecule has 101 heavy (non-hydrogen) atoms. The van der Waals surface area contributed by atoms with E-state index in [2.05, 4.69) is 129 Å². The zero-order valence-corrected chi connectivity index (χ0v) is 54.6. The number of fused-ring (bicyclic) bond motifs is 12. The van der Waals surface area contributed by atoms with E-state index in [1.165, 1.54) is 10.8 Å². The molecule has 20 aromatic rings. The van der Waals surface area contributed by atoms with Crippen molar-refractivity contribution in [1.29, 1.82) is 0 Å². The van der Waals surface area contributed by atoms with Gasteiger partial charge in [-0.05, 0) is 60.1 Å². The highest BCUT2D eigenvalue weighted by Crippen LogP contribution is 2.40. The van der Waals surface area contributed by atoms with Gasteiger partial charge in [-0.1, -0.05) is 267 Å². The van der Waals surface area contributed by atoms with E-state index in [0.717, 1.165) is 121 Å². The second kappa shape index (κ2) is 25.7. The molecule has 0 saturated carbocycles. The zero-order valence-electron chi connectivity index (χ0n) is 53.9. The van der Waals surface area contributed by atoms with Crippen LogP contribution in [0.3, 0.4) is 0 Å². The van der Waals surface area contributed by atoms with Gasteiger partial charge in [0.05, 0.1) is 50.0 Å². The Morgan fingerprint density at radius 1 is 0.248 bits per heavy atom. The second-order valence-corrected chi connectivity index (χ2v) is 24.6. The molecule has 8 aromatic heterocycles. The molecular weight excluding hydrogens is 1260 g/mol. The van der Waals surface area contributed by atoms with Gasteiger partial charge in [-0.25, -0.2) is 29.9 Å². The van der Waals surface area contributed by atoms with Crippen molar-refractivity contribution in [2.24, 2.45) is 0 Å². The first-order valence-electron chi connectivity index (χ1n) is 33.1. The van der Waals surface area contributed by atoms with Crippen molar-refractivity contribution in [3.05, 3.63) is 333 Å². The maximum Gasteiger partial charge on any atom is 0.238 e. The molecule has 14 nitrogen and oxygen atoms in total. The number of hydrogen-bond acceptors (Lipinski definition) is 10. The molecule has 0 amide bonds. The van der Waals surface area contributed by atoms with E-state index >= 15 is 0 Å². The smallest absolute Gasteiger partial charge is 0.238 e. The first-order valence-corrected chi connectivity index (χ1v) is 33.5. The lowest BCUT2D eigenvalue weighted by Crippen LogP contribution is -2.06. The maximum atomic E-state index is 5.95. The van der Waals surface area contributed by atoms with Crippen LogP contribution in [0.5, 0.6) is 0 Å². The van der Waals surface area contributed by atoms with E-state index in [9.17, 15) is 0 Å². The van der Waals surface area contributed by atoms with Crippen molar-refractivity contribution in [3.8, 4) is 85.9 Å². The topological polar surface area (TPSA) is 159 Å². The summed E-state index contributed by atoms with van der Waals surface area (Å²) in [5, 5.41) is 9.18. The Bertz CT molecular complexity index is 6350. The van der Waals surface area contributed by atoms with Crippen molar-refractivity contribution >= 4 is 98.8 Å². The zero-order chi connectivity index (χ0) is 67.2. The number of rotatable bonds is 9. The molecule has 0 atom stereocenters. The number of aromatic amines is 1. The van der Waals surface area contributed by atoms with Crippen LogP contribution >= 0.6 is 11.6 Å². The molecule has 0 spiro atoms. The van der Waals surface area contributed by atoms with Crippen LogP contribution in [0.4, 0.5) is 0 Å². The van der Waals surface area contributed by atoms with Crippen molar-refractivity contribution in [3.63, 3.8) is 0 Å². The van der Waals surface area contributed by atoms with Gasteiger partial charge in [0, 0.05) is 94.4 Å². The number of H-pyrrole nitrogens is 1. The summed E-state index contributed by atoms with van der Waals surface area (Å²) < 4.78 is 6.29. The largest absolute Gasteiger partial charge is 0.354 e. The molecular formula is C86H55ClN14. The van der Waals surface area contributed by atoms with Crippen LogP contribution in [0.15, 0.2) is 328 Å². The number of hydrogen-bond donors (Lipinski definition) is 1. The van der Waals surface area contributed by atoms with Gasteiger partial charge in [0.2, 0.25) is 23.1 Å². The van der Waals surface area contributed by atoms with Gasteiger partial charge in [0.25, 0.3) is 0 Å². The van der Waals surface area contributed by atoms with Crippen molar-refractivity contribution in [2.45, 2.75) is 0 Å². The monoisotopic (exact) mass is 1320 g/mol. The summed E-state index contributed by atoms with van der Waals surface area (Å²) in [5.41, 5.74) is 15.7. The molecule has 1 N–H and O–H groups in total. The Hall–Kier alpha value is -13.7. The van der Waals surface area contributed by atoms with Crippen LogP contribution < -0.4 is 0 Å². The van der Waals surface area contributed by atoms with Crippen LogP contribution in [0.1, 0.15) is 0 Å². The van der Waals surface area contributed by atoms with Gasteiger partial charge in [-0.2, -0.15) is 19.9 Å². The molecule has 0 aliphatic carbocycles. The fraction of sp³-hybridized carbons (Fsp3) is 0. The minimum Gasteiger partial charge on any atom is -0.354 e. The van der Waals surface area contributed by atoms with Crippen molar-refractivity contribution in [1.82, 2.24) is 68.5 Å². The van der Waals surface area contributed by atoms with E-state index in [1.54, 1.807) is 0 Å². The van der Waals surface area contributed by atoms with Crippen LogP contribution in [-0.4, -0.2) is 68.5 Å². The fourth-order valence-electron chi connectivity index (χ4n) is 13.4. The van der Waals surface area contributed by atoms with Crippen LogP contribution in [0.2, 0.25) is 5.28 Å². The summed E-state index contributed by atoms with van der Waals surface area (Å²) in [4.78, 5) is 52.1. The predicted octanol–water partition coefficient (Wildman–Crippen LogP) is 20.6. The summed E-state index contributed by atoms with van der Waals surface area (Å²) in [6.45, 7) is 0. The lowest BCUT2D eigenvalue weighted by Gasteiger charge is -2.12. The molecule has 0 aliphatic heterocycles. The fourth-order valence-corrected chi connectivity index (χ4v) is 13.6. The summed E-state index contributed by atoms with van der Waals surface area (Å²) in [7, 11) is 0. The Morgan fingerprint density at radius 3 is 1.16 bits per heavy atom. The average Bonchev–Trinajstić information content (AvgIpc) is 1.57. The lowest BCUT2D eigenvalue weighted by molar-refractivity contribution is 0.933. The van der Waals surface area contributed by atoms with E-state index in [0.29, 0.717) is 41.1 Å². The third kappa shape index (κ3) is 11.2. The first-order chi connectivity index (χ1) is 50.0. The summed E-state index contributed by atoms with van der Waals surface area (Å²) >= 11 is 5.95. The third-order valence-electron chi connectivity index (χ3n) is 18.1. The number of halogens is 1. The third-order valence-corrected chi connectivity index (χ3v) is 18.3. The van der Waals surface area contributed by atoms with Crippen molar-refractivity contribution < 1.29 is 0 Å². The minimum absolute atomic E-state index is 0.280. The van der Waals surface area contributed by atoms with Crippen LogP contribution in [-0.2, 0) is 0 Å². The minimum atomic E-state index is 0.280. The van der Waals surface area contributed by atoms with Crippen LogP contribution in [0, 0.1) is 0 Å².